The zero-order valence-electron chi connectivity index (χ0n) is 16.8. The van der Waals surface area contributed by atoms with Crippen LogP contribution in [0.15, 0.2) is 61.3 Å². The summed E-state index contributed by atoms with van der Waals surface area (Å²) < 4.78 is 9.22. The molecule has 0 spiro atoms. The molecule has 1 aliphatic rings. The molecule has 4 aromatic heterocycles. The molecule has 0 bridgehead atoms. The number of rotatable bonds is 4. The number of aromatic nitrogens is 4. The predicted octanol–water partition coefficient (Wildman–Crippen LogP) is 1.47. The maximum Gasteiger partial charge on any atom is 0.332 e. The lowest BCUT2D eigenvalue weighted by Gasteiger charge is -2.21. The fraction of sp³-hybridized carbons (Fsp3) is 0.250. The Balaban J connectivity index is 1.53. The standard InChI is InChI=1S/C20H18N6O4S/c1-23-18-17(19(28)24(2)20(23)29)25(11-21-18)10-16(27)26-13(15-6-4-8-31-15)9-12(22-26)14-5-3-7-30-14/h3-8,11,13H,9-10H2,1-2H3/t13-/m0/s1. The second-order valence-corrected chi connectivity index (χ2v) is 8.23. The molecular formula is C20H18N6O4S. The van der Waals surface area contributed by atoms with Crippen molar-refractivity contribution in [1.29, 1.82) is 0 Å². The van der Waals surface area contributed by atoms with E-state index < -0.39 is 11.2 Å². The molecule has 1 amide bonds. The third-order valence-electron chi connectivity index (χ3n) is 5.37. The van der Waals surface area contributed by atoms with Crippen LogP contribution in [-0.4, -0.2) is 35.3 Å². The van der Waals surface area contributed by atoms with Crippen LogP contribution in [0.25, 0.3) is 11.2 Å². The van der Waals surface area contributed by atoms with Crippen LogP contribution in [0.3, 0.4) is 0 Å². The topological polar surface area (TPSA) is 108 Å². The highest BCUT2D eigenvalue weighted by Crippen LogP contribution is 2.35. The number of thiophene rings is 1. The first-order valence-corrected chi connectivity index (χ1v) is 10.4. The summed E-state index contributed by atoms with van der Waals surface area (Å²) in [6, 6.07) is 7.23. The van der Waals surface area contributed by atoms with E-state index in [4.69, 9.17) is 4.42 Å². The molecule has 0 unspecified atom stereocenters. The number of hydrogen-bond acceptors (Lipinski definition) is 7. The number of nitrogens with zero attached hydrogens (tertiary/aromatic N) is 6. The molecule has 0 aromatic carbocycles. The van der Waals surface area contributed by atoms with Gasteiger partial charge in [0.1, 0.15) is 18.0 Å². The van der Waals surface area contributed by atoms with Crippen LogP contribution in [0.4, 0.5) is 0 Å². The highest BCUT2D eigenvalue weighted by atomic mass is 32.1. The van der Waals surface area contributed by atoms with Crippen molar-refractivity contribution in [2.24, 2.45) is 19.2 Å². The quantitative estimate of drug-likeness (QED) is 0.479. The maximum absolute atomic E-state index is 13.3. The normalized spacial score (nSPS) is 16.3. The van der Waals surface area contributed by atoms with E-state index in [2.05, 4.69) is 10.1 Å². The summed E-state index contributed by atoms with van der Waals surface area (Å²) in [4.78, 5) is 43.3. The lowest BCUT2D eigenvalue weighted by atomic mass is 10.1. The average Bonchev–Trinajstić information content (AvgIpc) is 3.54. The summed E-state index contributed by atoms with van der Waals surface area (Å²) in [6.07, 6.45) is 3.50. The van der Waals surface area contributed by atoms with Crippen molar-refractivity contribution in [3.05, 3.63) is 73.7 Å². The van der Waals surface area contributed by atoms with Gasteiger partial charge in [0.15, 0.2) is 11.2 Å². The SMILES string of the molecule is Cn1c(=O)c2c(ncn2CC(=O)N2N=C(c3ccco3)C[C@H]2c2cccs2)n(C)c1=O. The van der Waals surface area contributed by atoms with Gasteiger partial charge in [-0.15, -0.1) is 11.3 Å². The monoisotopic (exact) mass is 438 g/mol. The first-order valence-electron chi connectivity index (χ1n) is 9.53. The number of furan rings is 1. The van der Waals surface area contributed by atoms with Gasteiger partial charge in [-0.3, -0.25) is 18.7 Å². The van der Waals surface area contributed by atoms with Crippen LogP contribution in [0.1, 0.15) is 23.1 Å². The van der Waals surface area contributed by atoms with E-state index in [0.29, 0.717) is 17.9 Å². The number of hydrazone groups is 1. The van der Waals surface area contributed by atoms with E-state index in [1.165, 1.54) is 34.6 Å². The number of carbonyl (C=O) groups excluding carboxylic acids is 1. The first kappa shape index (κ1) is 19.2. The predicted molar refractivity (Wildman–Crippen MR) is 114 cm³/mol. The molecule has 0 aliphatic carbocycles. The molecule has 1 atom stereocenters. The molecule has 4 aromatic rings. The molecule has 0 saturated carbocycles. The van der Waals surface area contributed by atoms with Crippen LogP contribution in [0, 0.1) is 0 Å². The zero-order chi connectivity index (χ0) is 21.7. The second kappa shape index (κ2) is 7.20. The lowest BCUT2D eigenvalue weighted by Crippen LogP contribution is -2.38. The maximum atomic E-state index is 13.3. The Hall–Kier alpha value is -3.73. The van der Waals surface area contributed by atoms with Gasteiger partial charge in [-0.1, -0.05) is 6.07 Å². The Morgan fingerprint density at radius 2 is 2.06 bits per heavy atom. The highest BCUT2D eigenvalue weighted by Gasteiger charge is 2.35. The van der Waals surface area contributed by atoms with Crippen molar-refractivity contribution < 1.29 is 9.21 Å². The number of aryl methyl sites for hydroxylation is 1. The van der Waals surface area contributed by atoms with Crippen molar-refractivity contribution in [1.82, 2.24) is 23.7 Å². The second-order valence-electron chi connectivity index (χ2n) is 7.25. The minimum Gasteiger partial charge on any atom is -0.463 e. The third kappa shape index (κ3) is 3.05. The smallest absolute Gasteiger partial charge is 0.332 e. The largest absolute Gasteiger partial charge is 0.463 e. The van der Waals surface area contributed by atoms with Gasteiger partial charge < -0.3 is 8.98 Å². The number of hydrogen-bond donors (Lipinski definition) is 0. The Bertz CT molecular complexity index is 1420. The molecule has 5 heterocycles. The van der Waals surface area contributed by atoms with Gasteiger partial charge in [-0.25, -0.2) is 14.8 Å². The van der Waals surface area contributed by atoms with Gasteiger partial charge in [-0.2, -0.15) is 5.10 Å². The Kier molecular flexibility index (Phi) is 4.47. The molecule has 10 nitrogen and oxygen atoms in total. The van der Waals surface area contributed by atoms with Crippen molar-refractivity contribution in [3.8, 4) is 0 Å². The Morgan fingerprint density at radius 1 is 1.23 bits per heavy atom. The summed E-state index contributed by atoms with van der Waals surface area (Å²) in [5, 5.41) is 7.94. The summed E-state index contributed by atoms with van der Waals surface area (Å²) >= 11 is 1.55. The zero-order valence-corrected chi connectivity index (χ0v) is 17.6. The minimum atomic E-state index is -0.501. The van der Waals surface area contributed by atoms with Crippen LogP contribution < -0.4 is 11.2 Å². The van der Waals surface area contributed by atoms with Gasteiger partial charge in [-0.05, 0) is 23.6 Å². The molecule has 1 aliphatic heterocycles. The fourth-order valence-electron chi connectivity index (χ4n) is 3.77. The van der Waals surface area contributed by atoms with E-state index in [1.807, 2.05) is 23.6 Å². The molecule has 5 rings (SSSR count). The van der Waals surface area contributed by atoms with Crippen molar-refractivity contribution >= 4 is 34.1 Å². The van der Waals surface area contributed by atoms with E-state index in [0.717, 1.165) is 9.44 Å². The molecule has 11 heteroatoms. The summed E-state index contributed by atoms with van der Waals surface area (Å²) in [5.41, 5.74) is 0.140. The van der Waals surface area contributed by atoms with Gasteiger partial charge in [0.05, 0.1) is 18.6 Å². The van der Waals surface area contributed by atoms with Crippen LogP contribution in [0.2, 0.25) is 0 Å². The van der Waals surface area contributed by atoms with Crippen molar-refractivity contribution in [2.75, 3.05) is 0 Å². The van der Waals surface area contributed by atoms with Gasteiger partial charge in [0, 0.05) is 25.4 Å². The van der Waals surface area contributed by atoms with E-state index in [1.54, 1.807) is 23.7 Å². The molecule has 31 heavy (non-hydrogen) atoms. The minimum absolute atomic E-state index is 0.138. The van der Waals surface area contributed by atoms with Gasteiger partial charge in [0.25, 0.3) is 11.5 Å². The number of carbonyl (C=O) groups is 1. The highest BCUT2D eigenvalue weighted by molar-refractivity contribution is 7.10. The number of amides is 1. The van der Waals surface area contributed by atoms with E-state index in [9.17, 15) is 14.4 Å². The van der Waals surface area contributed by atoms with E-state index >= 15 is 0 Å². The van der Waals surface area contributed by atoms with Crippen LogP contribution in [-0.2, 0) is 25.4 Å². The first-order chi connectivity index (χ1) is 15.0. The average molecular weight is 438 g/mol. The number of fused-ring (bicyclic) bond motifs is 1. The summed E-state index contributed by atoms with van der Waals surface area (Å²) in [6.45, 7) is -0.138. The summed E-state index contributed by atoms with van der Waals surface area (Å²) in [7, 11) is 2.94. The fourth-order valence-corrected chi connectivity index (χ4v) is 4.58. The van der Waals surface area contributed by atoms with E-state index in [-0.39, 0.29) is 29.7 Å². The van der Waals surface area contributed by atoms with Gasteiger partial charge >= 0.3 is 5.69 Å². The van der Waals surface area contributed by atoms with Crippen molar-refractivity contribution in [2.45, 2.75) is 19.0 Å². The lowest BCUT2D eigenvalue weighted by molar-refractivity contribution is -0.133. The molecule has 158 valence electrons. The Morgan fingerprint density at radius 3 is 2.77 bits per heavy atom. The van der Waals surface area contributed by atoms with Gasteiger partial charge in [0.2, 0.25) is 0 Å². The van der Waals surface area contributed by atoms with Crippen molar-refractivity contribution in [3.63, 3.8) is 0 Å². The Labute approximate surface area is 179 Å². The molecular weight excluding hydrogens is 420 g/mol. The molecule has 0 radical (unpaired) electrons. The molecule has 0 fully saturated rings. The summed E-state index contributed by atoms with van der Waals surface area (Å²) in [5.74, 6) is 0.323. The number of imidazole rings is 1. The van der Waals surface area contributed by atoms with Crippen LogP contribution >= 0.6 is 11.3 Å². The van der Waals surface area contributed by atoms with Crippen LogP contribution in [0.5, 0.6) is 0 Å². The molecule has 0 saturated heterocycles. The molecule has 0 N–H and O–H groups in total. The third-order valence-corrected chi connectivity index (χ3v) is 6.34.